The molecule has 7 nitrogen and oxygen atoms in total. The van der Waals surface area contributed by atoms with Crippen LogP contribution in [0.25, 0.3) is 0 Å². The summed E-state index contributed by atoms with van der Waals surface area (Å²) < 4.78 is 26.4. The van der Waals surface area contributed by atoms with Gasteiger partial charge in [-0.05, 0) is 25.1 Å². The van der Waals surface area contributed by atoms with Gasteiger partial charge in [-0.1, -0.05) is 18.5 Å². The Morgan fingerprint density at radius 1 is 1.29 bits per heavy atom. The van der Waals surface area contributed by atoms with Crippen LogP contribution >= 0.6 is 24.0 Å². The number of halogens is 2. The number of hydrogen-bond acceptors (Lipinski definition) is 5. The maximum Gasteiger partial charge on any atom is 0.289 e. The predicted molar refractivity (Wildman–Crippen MR) is 83.7 cm³/mol. The first-order valence-electron chi connectivity index (χ1n) is 6.03. The summed E-state index contributed by atoms with van der Waals surface area (Å²) in [5.41, 5.74) is -0.497. The van der Waals surface area contributed by atoms with Crippen LogP contribution in [0.1, 0.15) is 13.3 Å². The summed E-state index contributed by atoms with van der Waals surface area (Å²) in [7, 11) is -3.96. The minimum atomic E-state index is -3.96. The van der Waals surface area contributed by atoms with Gasteiger partial charge in [0.1, 0.15) is 0 Å². The number of nitro benzene ring substituents is 1. The topological polar surface area (TPSA) is 101 Å². The van der Waals surface area contributed by atoms with Gasteiger partial charge >= 0.3 is 0 Å². The molecule has 0 unspecified atom stereocenters. The zero-order valence-corrected chi connectivity index (χ0v) is 13.7. The Kier molecular flexibility index (Phi) is 8.76. The number of sulfonamides is 1. The van der Waals surface area contributed by atoms with Gasteiger partial charge in [0.05, 0.1) is 4.92 Å². The Morgan fingerprint density at radius 2 is 1.95 bits per heavy atom. The maximum absolute atomic E-state index is 12.0. The van der Waals surface area contributed by atoms with E-state index in [1.54, 1.807) is 0 Å². The fraction of sp³-hybridized carbons (Fsp3) is 0.455. The van der Waals surface area contributed by atoms with Gasteiger partial charge in [-0.15, -0.1) is 12.4 Å². The van der Waals surface area contributed by atoms with Crippen LogP contribution in [-0.4, -0.2) is 33.0 Å². The van der Waals surface area contributed by atoms with Crippen LogP contribution in [0, 0.1) is 10.1 Å². The molecule has 0 saturated heterocycles. The zero-order valence-electron chi connectivity index (χ0n) is 11.3. The third kappa shape index (κ3) is 6.15. The van der Waals surface area contributed by atoms with Gasteiger partial charge in [-0.25, -0.2) is 13.1 Å². The minimum absolute atomic E-state index is 0. The van der Waals surface area contributed by atoms with Gasteiger partial charge in [-0.3, -0.25) is 10.1 Å². The van der Waals surface area contributed by atoms with Crippen molar-refractivity contribution in [1.82, 2.24) is 10.0 Å². The Bertz CT molecular complexity index is 581. The van der Waals surface area contributed by atoms with Gasteiger partial charge < -0.3 is 5.32 Å². The van der Waals surface area contributed by atoms with Crippen molar-refractivity contribution >= 4 is 39.7 Å². The van der Waals surface area contributed by atoms with E-state index in [4.69, 9.17) is 11.6 Å². The molecule has 0 saturated carbocycles. The lowest BCUT2D eigenvalue weighted by atomic mass is 10.3. The lowest BCUT2D eigenvalue weighted by Crippen LogP contribution is -2.32. The summed E-state index contributed by atoms with van der Waals surface area (Å²) >= 11 is 5.70. The van der Waals surface area contributed by atoms with Gasteiger partial charge in [0.15, 0.2) is 4.90 Å². The largest absolute Gasteiger partial charge is 0.315 e. The van der Waals surface area contributed by atoms with Gasteiger partial charge in [0.2, 0.25) is 10.0 Å². The number of nitrogens with zero attached hydrogens (tertiary/aromatic N) is 1. The van der Waals surface area contributed by atoms with Gasteiger partial charge in [0.25, 0.3) is 5.69 Å². The highest BCUT2D eigenvalue weighted by atomic mass is 35.5. The number of nitrogens with one attached hydrogen (secondary N) is 2. The zero-order chi connectivity index (χ0) is 15.2. The highest BCUT2D eigenvalue weighted by Crippen LogP contribution is 2.26. The number of nitro groups is 1. The van der Waals surface area contributed by atoms with Gasteiger partial charge in [0, 0.05) is 24.2 Å². The third-order valence-corrected chi connectivity index (χ3v) is 4.15. The number of benzene rings is 1. The molecule has 0 radical (unpaired) electrons. The average Bonchev–Trinajstić information content (AvgIpc) is 2.38. The Hall–Kier alpha value is -0.930. The molecule has 21 heavy (non-hydrogen) atoms. The first-order chi connectivity index (χ1) is 9.38. The number of rotatable bonds is 8. The van der Waals surface area contributed by atoms with Crippen LogP contribution < -0.4 is 10.0 Å². The standard InChI is InChI=1S/C11H16ClN3O4S.ClH/c1-2-5-13-6-7-14-20(18,19)11-8-9(12)3-4-10(11)15(16)17;/h3-4,8,13-14H,2,5-7H2,1H3;1H. The van der Waals surface area contributed by atoms with Crippen molar-refractivity contribution in [3.05, 3.63) is 33.3 Å². The summed E-state index contributed by atoms with van der Waals surface area (Å²) in [6, 6.07) is 3.43. The monoisotopic (exact) mass is 357 g/mol. The van der Waals surface area contributed by atoms with Crippen molar-refractivity contribution in [2.45, 2.75) is 18.2 Å². The summed E-state index contributed by atoms with van der Waals surface area (Å²) in [6.07, 6.45) is 0.937. The molecular formula is C11H17Cl2N3O4S. The van der Waals surface area contributed by atoms with E-state index in [-0.39, 0.29) is 24.0 Å². The summed E-state index contributed by atoms with van der Waals surface area (Å²) in [4.78, 5) is 9.68. The molecule has 0 aromatic heterocycles. The van der Waals surface area contributed by atoms with E-state index in [0.29, 0.717) is 6.54 Å². The molecule has 120 valence electrons. The molecule has 0 spiro atoms. The fourth-order valence-corrected chi connectivity index (χ4v) is 2.97. The van der Waals surface area contributed by atoms with Crippen molar-refractivity contribution < 1.29 is 13.3 Å². The summed E-state index contributed by atoms with van der Waals surface area (Å²) in [5.74, 6) is 0. The predicted octanol–water partition coefficient (Wildman–Crippen LogP) is 1.95. The highest BCUT2D eigenvalue weighted by Gasteiger charge is 2.25. The molecule has 0 aliphatic rings. The Morgan fingerprint density at radius 3 is 2.52 bits per heavy atom. The lowest BCUT2D eigenvalue weighted by molar-refractivity contribution is -0.387. The summed E-state index contributed by atoms with van der Waals surface area (Å²) in [5, 5.41) is 14.0. The SMILES string of the molecule is CCCNCCNS(=O)(=O)c1cc(Cl)ccc1[N+](=O)[O-].Cl. The smallest absolute Gasteiger partial charge is 0.289 e. The van der Waals surface area contributed by atoms with Crippen LogP contribution in [0.4, 0.5) is 5.69 Å². The van der Waals surface area contributed by atoms with Crippen molar-refractivity contribution in [3.8, 4) is 0 Å². The van der Waals surface area contributed by atoms with Crippen molar-refractivity contribution in [3.63, 3.8) is 0 Å². The van der Waals surface area contributed by atoms with Crippen LogP contribution in [0.3, 0.4) is 0 Å². The van der Waals surface area contributed by atoms with Crippen LogP contribution in [0.2, 0.25) is 5.02 Å². The maximum atomic E-state index is 12.0. The molecule has 10 heteroatoms. The van der Waals surface area contributed by atoms with Crippen molar-refractivity contribution in [1.29, 1.82) is 0 Å². The van der Waals surface area contributed by atoms with E-state index in [9.17, 15) is 18.5 Å². The van der Waals surface area contributed by atoms with E-state index in [0.717, 1.165) is 25.1 Å². The van der Waals surface area contributed by atoms with Crippen LogP contribution in [0.15, 0.2) is 23.1 Å². The molecule has 2 N–H and O–H groups in total. The van der Waals surface area contributed by atoms with E-state index in [1.807, 2.05) is 6.92 Å². The second-order valence-corrected chi connectivity index (χ2v) is 6.19. The van der Waals surface area contributed by atoms with Crippen molar-refractivity contribution in [2.75, 3.05) is 19.6 Å². The molecule has 0 aliphatic carbocycles. The van der Waals surface area contributed by atoms with Gasteiger partial charge in [-0.2, -0.15) is 0 Å². The molecule has 0 amide bonds. The normalized spacial score (nSPS) is 11.0. The first-order valence-corrected chi connectivity index (χ1v) is 7.89. The highest BCUT2D eigenvalue weighted by molar-refractivity contribution is 7.89. The molecule has 1 aromatic carbocycles. The van der Waals surface area contributed by atoms with E-state index < -0.39 is 25.5 Å². The van der Waals surface area contributed by atoms with E-state index in [2.05, 4.69) is 10.0 Å². The molecule has 0 bridgehead atoms. The van der Waals surface area contributed by atoms with E-state index >= 15 is 0 Å². The second kappa shape index (κ2) is 9.16. The molecule has 1 rings (SSSR count). The fourth-order valence-electron chi connectivity index (χ4n) is 1.51. The first kappa shape index (κ1) is 20.1. The second-order valence-electron chi connectivity index (χ2n) is 4.02. The lowest BCUT2D eigenvalue weighted by Gasteiger charge is -2.08. The number of hydrogen-bond donors (Lipinski definition) is 2. The minimum Gasteiger partial charge on any atom is -0.315 e. The average molecular weight is 358 g/mol. The van der Waals surface area contributed by atoms with Crippen LogP contribution in [-0.2, 0) is 10.0 Å². The van der Waals surface area contributed by atoms with Crippen molar-refractivity contribution in [2.24, 2.45) is 0 Å². The molecule has 1 aromatic rings. The molecule has 0 aliphatic heterocycles. The molecule has 0 fully saturated rings. The molecule has 0 heterocycles. The van der Waals surface area contributed by atoms with Crippen LogP contribution in [0.5, 0.6) is 0 Å². The third-order valence-electron chi connectivity index (χ3n) is 2.43. The van der Waals surface area contributed by atoms with E-state index in [1.165, 1.54) is 6.07 Å². The Balaban J connectivity index is 0.00000400. The molecular weight excluding hydrogens is 341 g/mol. The Labute approximate surface area is 134 Å². The molecule has 0 atom stereocenters. The quantitative estimate of drug-likeness (QED) is 0.420. The summed E-state index contributed by atoms with van der Waals surface area (Å²) in [6.45, 7) is 3.36.